The lowest BCUT2D eigenvalue weighted by Gasteiger charge is -2.28. The van der Waals surface area contributed by atoms with Crippen LogP contribution in [0.3, 0.4) is 0 Å². The largest absolute Gasteiger partial charge is 0.392 e. The molecule has 1 saturated carbocycles. The second-order valence-electron chi connectivity index (χ2n) is 2.16. The Kier molecular flexibility index (Phi) is 1.71. The third-order valence-electron chi connectivity index (χ3n) is 1.54. The summed E-state index contributed by atoms with van der Waals surface area (Å²) in [6, 6.07) is 0. The molecule has 0 unspecified atom stereocenters. The van der Waals surface area contributed by atoms with Gasteiger partial charge in [0, 0.05) is 10.7 Å². The van der Waals surface area contributed by atoms with Crippen LogP contribution in [0.2, 0.25) is 0 Å². The highest BCUT2D eigenvalue weighted by Gasteiger charge is 2.38. The summed E-state index contributed by atoms with van der Waals surface area (Å²) < 4.78 is 20.9. The number of rotatable bonds is 1. The minimum Gasteiger partial charge on any atom is -0.392 e. The molecule has 0 saturated heterocycles. The van der Waals surface area contributed by atoms with E-state index in [1.165, 1.54) is 0 Å². The van der Waals surface area contributed by atoms with E-state index in [0.717, 1.165) is 0 Å². The standard InChI is InChI=1S/C4H7ClO3S/c5-9(7,8)4-2-1-3(4)6/h3-4,6H,1-2H2/t3-,4-/m1/s1. The summed E-state index contributed by atoms with van der Waals surface area (Å²) in [4.78, 5) is 0. The molecule has 1 aliphatic rings. The van der Waals surface area contributed by atoms with Crippen molar-refractivity contribution in [2.75, 3.05) is 0 Å². The van der Waals surface area contributed by atoms with E-state index in [1.54, 1.807) is 0 Å². The molecule has 9 heavy (non-hydrogen) atoms. The van der Waals surface area contributed by atoms with Crippen LogP contribution in [0.5, 0.6) is 0 Å². The number of aliphatic hydroxyl groups excluding tert-OH is 1. The topological polar surface area (TPSA) is 54.4 Å². The summed E-state index contributed by atoms with van der Waals surface area (Å²) in [5.74, 6) is 0. The van der Waals surface area contributed by atoms with Crippen LogP contribution in [-0.2, 0) is 9.05 Å². The van der Waals surface area contributed by atoms with E-state index in [9.17, 15) is 8.42 Å². The minimum atomic E-state index is -3.49. The summed E-state index contributed by atoms with van der Waals surface area (Å²) in [5.41, 5.74) is 0. The molecule has 1 fully saturated rings. The first-order chi connectivity index (χ1) is 4.02. The monoisotopic (exact) mass is 170 g/mol. The van der Waals surface area contributed by atoms with Gasteiger partial charge in [0.2, 0.25) is 9.05 Å². The van der Waals surface area contributed by atoms with Crippen LogP contribution in [0.1, 0.15) is 12.8 Å². The molecule has 0 spiro atoms. The first kappa shape index (κ1) is 7.31. The van der Waals surface area contributed by atoms with E-state index in [1.807, 2.05) is 0 Å². The van der Waals surface area contributed by atoms with Crippen LogP contribution < -0.4 is 0 Å². The number of hydrogen-bond acceptors (Lipinski definition) is 3. The van der Waals surface area contributed by atoms with Gasteiger partial charge in [-0.2, -0.15) is 0 Å². The van der Waals surface area contributed by atoms with Gasteiger partial charge in [0.25, 0.3) is 0 Å². The van der Waals surface area contributed by atoms with E-state index in [-0.39, 0.29) is 0 Å². The van der Waals surface area contributed by atoms with Crippen LogP contribution in [0.25, 0.3) is 0 Å². The molecule has 1 aliphatic carbocycles. The van der Waals surface area contributed by atoms with Crippen molar-refractivity contribution in [3.63, 3.8) is 0 Å². The van der Waals surface area contributed by atoms with Gasteiger partial charge in [-0.3, -0.25) is 0 Å². The molecule has 1 N–H and O–H groups in total. The Morgan fingerprint density at radius 1 is 1.44 bits per heavy atom. The zero-order valence-corrected chi connectivity index (χ0v) is 6.19. The summed E-state index contributed by atoms with van der Waals surface area (Å²) in [7, 11) is 1.45. The molecular weight excluding hydrogens is 164 g/mol. The molecule has 2 atom stereocenters. The van der Waals surface area contributed by atoms with Crippen LogP contribution in [0.4, 0.5) is 0 Å². The van der Waals surface area contributed by atoms with Crippen LogP contribution in [0.15, 0.2) is 0 Å². The third kappa shape index (κ3) is 1.36. The van der Waals surface area contributed by atoms with E-state index >= 15 is 0 Å². The maximum absolute atomic E-state index is 10.4. The Bertz CT molecular complexity index is 198. The molecule has 0 aromatic carbocycles. The van der Waals surface area contributed by atoms with E-state index in [4.69, 9.17) is 15.8 Å². The summed E-state index contributed by atoms with van der Waals surface area (Å²) in [5, 5.41) is 8.07. The predicted molar refractivity (Wildman–Crippen MR) is 33.8 cm³/mol. The lowest BCUT2D eigenvalue weighted by atomic mass is 9.96. The number of halogens is 1. The second-order valence-corrected chi connectivity index (χ2v) is 5.01. The van der Waals surface area contributed by atoms with Crippen LogP contribution in [0, 0.1) is 0 Å². The van der Waals surface area contributed by atoms with E-state index in [0.29, 0.717) is 12.8 Å². The average Bonchev–Trinajstić information content (AvgIpc) is 1.57. The summed E-state index contributed by atoms with van der Waals surface area (Å²) in [6.07, 6.45) is 0.316. The van der Waals surface area contributed by atoms with Gasteiger partial charge < -0.3 is 5.11 Å². The van der Waals surface area contributed by atoms with Gasteiger partial charge in [0.05, 0.1) is 6.10 Å². The lowest BCUT2D eigenvalue weighted by molar-refractivity contribution is 0.100. The molecule has 0 bridgehead atoms. The molecule has 0 heterocycles. The van der Waals surface area contributed by atoms with Gasteiger partial charge in [-0.15, -0.1) is 0 Å². The van der Waals surface area contributed by atoms with Gasteiger partial charge >= 0.3 is 0 Å². The third-order valence-corrected chi connectivity index (χ3v) is 3.50. The normalized spacial score (nSPS) is 35.8. The van der Waals surface area contributed by atoms with Crippen LogP contribution >= 0.6 is 10.7 Å². The first-order valence-corrected chi connectivity index (χ1v) is 5.00. The average molecular weight is 171 g/mol. The van der Waals surface area contributed by atoms with Gasteiger partial charge in [0.15, 0.2) is 0 Å². The Labute approximate surface area is 58.1 Å². The number of aliphatic hydroxyl groups is 1. The highest BCUT2D eigenvalue weighted by Crippen LogP contribution is 2.28. The zero-order valence-electron chi connectivity index (χ0n) is 4.62. The fourth-order valence-corrected chi connectivity index (χ4v) is 2.33. The highest BCUT2D eigenvalue weighted by atomic mass is 35.7. The summed E-state index contributed by atoms with van der Waals surface area (Å²) >= 11 is 0. The maximum Gasteiger partial charge on any atom is 0.238 e. The molecular formula is C4H7ClO3S. The van der Waals surface area contributed by atoms with Crippen molar-refractivity contribution in [3.8, 4) is 0 Å². The van der Waals surface area contributed by atoms with Crippen molar-refractivity contribution >= 4 is 19.7 Å². The number of hydrogen-bond donors (Lipinski definition) is 1. The molecule has 0 radical (unpaired) electrons. The maximum atomic E-state index is 10.4. The fourth-order valence-electron chi connectivity index (χ4n) is 0.780. The molecule has 5 heteroatoms. The van der Waals surface area contributed by atoms with Crippen molar-refractivity contribution in [1.29, 1.82) is 0 Å². The Morgan fingerprint density at radius 3 is 2.00 bits per heavy atom. The SMILES string of the molecule is O=S(=O)(Cl)[C@@H]1CC[C@H]1O. The van der Waals surface area contributed by atoms with Gasteiger partial charge in [-0.25, -0.2) is 8.42 Å². The molecule has 3 nitrogen and oxygen atoms in total. The quantitative estimate of drug-likeness (QED) is 0.567. The second kappa shape index (κ2) is 2.11. The Balaban J connectivity index is 2.66. The van der Waals surface area contributed by atoms with Crippen molar-refractivity contribution in [2.24, 2.45) is 0 Å². The van der Waals surface area contributed by atoms with Crippen molar-refractivity contribution < 1.29 is 13.5 Å². The fraction of sp³-hybridized carbons (Fsp3) is 1.00. The minimum absolute atomic E-state index is 0.493. The van der Waals surface area contributed by atoms with Crippen LogP contribution in [-0.4, -0.2) is 24.9 Å². The molecule has 0 aliphatic heterocycles. The zero-order chi connectivity index (χ0) is 7.07. The Morgan fingerprint density at radius 2 is 2.00 bits per heavy atom. The van der Waals surface area contributed by atoms with Gasteiger partial charge in [0.1, 0.15) is 5.25 Å². The molecule has 54 valence electrons. The predicted octanol–water partition coefficient (Wildman–Crippen LogP) is 0.0783. The van der Waals surface area contributed by atoms with Gasteiger partial charge in [-0.05, 0) is 12.8 Å². The first-order valence-electron chi connectivity index (χ1n) is 2.63. The molecule has 1 rings (SSSR count). The Hall–Kier alpha value is 0.200. The highest BCUT2D eigenvalue weighted by molar-refractivity contribution is 8.14. The van der Waals surface area contributed by atoms with E-state index in [2.05, 4.69) is 0 Å². The van der Waals surface area contributed by atoms with Crippen molar-refractivity contribution in [2.45, 2.75) is 24.2 Å². The van der Waals surface area contributed by atoms with Crippen molar-refractivity contribution in [3.05, 3.63) is 0 Å². The molecule has 0 amide bonds. The molecule has 0 aromatic heterocycles. The van der Waals surface area contributed by atoms with E-state index < -0.39 is 20.4 Å². The smallest absolute Gasteiger partial charge is 0.238 e. The van der Waals surface area contributed by atoms with Gasteiger partial charge in [-0.1, -0.05) is 0 Å². The summed E-state index contributed by atoms with van der Waals surface area (Å²) in [6.45, 7) is 0. The van der Waals surface area contributed by atoms with Crippen molar-refractivity contribution in [1.82, 2.24) is 0 Å². The molecule has 0 aromatic rings. The lowest BCUT2D eigenvalue weighted by Crippen LogP contribution is -2.40.